The van der Waals surface area contributed by atoms with Crippen molar-refractivity contribution in [3.8, 4) is 0 Å². The van der Waals surface area contributed by atoms with E-state index in [0.29, 0.717) is 24.2 Å². The topological polar surface area (TPSA) is 69.8 Å². The zero-order valence-electron chi connectivity index (χ0n) is 13.7. The molecule has 0 bridgehead atoms. The molecule has 0 spiro atoms. The Hall–Kier alpha value is -1.07. The number of halogens is 1. The molecular weight excluding hydrogens is 300 g/mol. The molecule has 0 atom stereocenters. The predicted molar refractivity (Wildman–Crippen MR) is 91.8 cm³/mol. The van der Waals surface area contributed by atoms with Crippen LogP contribution in [0.3, 0.4) is 0 Å². The maximum atomic E-state index is 12.0. The van der Waals surface area contributed by atoms with Crippen LogP contribution in [0.15, 0.2) is 6.07 Å². The van der Waals surface area contributed by atoms with Crippen LogP contribution in [0.1, 0.15) is 74.5 Å². The van der Waals surface area contributed by atoms with Gasteiger partial charge in [-0.2, -0.15) is 5.10 Å². The number of nitrogens with one attached hydrogen (secondary N) is 3. The normalized spacial score (nSPS) is 16.1. The van der Waals surface area contributed by atoms with E-state index >= 15 is 0 Å². The smallest absolute Gasteiger partial charge is 0.271 e. The van der Waals surface area contributed by atoms with E-state index in [1.165, 1.54) is 38.5 Å². The summed E-state index contributed by atoms with van der Waals surface area (Å²) in [6.45, 7) is 5.63. The molecule has 1 aliphatic carbocycles. The number of H-pyrrole nitrogens is 1. The molecule has 1 fully saturated rings. The zero-order chi connectivity index (χ0) is 15.1. The van der Waals surface area contributed by atoms with Crippen LogP contribution in [-0.2, 0) is 0 Å². The molecule has 0 aliphatic heterocycles. The highest BCUT2D eigenvalue weighted by atomic mass is 35.5. The fourth-order valence-electron chi connectivity index (χ4n) is 2.78. The lowest BCUT2D eigenvalue weighted by atomic mass is 10.1. The van der Waals surface area contributed by atoms with Crippen LogP contribution in [0, 0.1) is 0 Å². The highest BCUT2D eigenvalue weighted by Crippen LogP contribution is 2.16. The summed E-state index contributed by atoms with van der Waals surface area (Å²) in [5.41, 5.74) is 1.48. The number of carbonyl (C=O) groups excluding carboxylic acids is 1. The van der Waals surface area contributed by atoms with Crippen molar-refractivity contribution in [2.45, 2.75) is 64.3 Å². The molecule has 126 valence electrons. The maximum Gasteiger partial charge on any atom is 0.271 e. The summed E-state index contributed by atoms with van der Waals surface area (Å²) in [5.74, 6) is 0.261. The Kier molecular flexibility index (Phi) is 8.49. The quantitative estimate of drug-likeness (QED) is 0.555. The van der Waals surface area contributed by atoms with Crippen LogP contribution in [0.5, 0.6) is 0 Å². The van der Waals surface area contributed by atoms with Crippen molar-refractivity contribution in [2.75, 3.05) is 13.1 Å². The number of carbonyl (C=O) groups is 1. The molecule has 0 radical (unpaired) electrons. The molecule has 22 heavy (non-hydrogen) atoms. The number of aromatic nitrogens is 2. The molecule has 1 aromatic heterocycles. The highest BCUT2D eigenvalue weighted by Gasteiger charge is 2.13. The van der Waals surface area contributed by atoms with Crippen molar-refractivity contribution in [3.63, 3.8) is 0 Å². The fourth-order valence-corrected chi connectivity index (χ4v) is 2.78. The van der Waals surface area contributed by atoms with E-state index in [1.54, 1.807) is 0 Å². The summed E-state index contributed by atoms with van der Waals surface area (Å²) in [4.78, 5) is 12.0. The lowest BCUT2D eigenvalue weighted by Gasteiger charge is -2.16. The van der Waals surface area contributed by atoms with Gasteiger partial charge in [0.05, 0.1) is 0 Å². The van der Waals surface area contributed by atoms with Crippen LogP contribution in [0.25, 0.3) is 0 Å². The van der Waals surface area contributed by atoms with Crippen molar-refractivity contribution in [1.82, 2.24) is 20.8 Å². The van der Waals surface area contributed by atoms with E-state index in [0.717, 1.165) is 12.2 Å². The van der Waals surface area contributed by atoms with E-state index in [-0.39, 0.29) is 18.3 Å². The highest BCUT2D eigenvalue weighted by molar-refractivity contribution is 5.92. The second-order valence-corrected chi connectivity index (χ2v) is 6.26. The summed E-state index contributed by atoms with van der Waals surface area (Å²) < 4.78 is 0. The Bertz CT molecular complexity index is 439. The average Bonchev–Trinajstić information content (AvgIpc) is 2.82. The van der Waals surface area contributed by atoms with Gasteiger partial charge >= 0.3 is 0 Å². The summed E-state index contributed by atoms with van der Waals surface area (Å²) in [5, 5.41) is 13.4. The van der Waals surface area contributed by atoms with Crippen LogP contribution >= 0.6 is 12.4 Å². The predicted octanol–water partition coefficient (Wildman–Crippen LogP) is 3.00. The summed E-state index contributed by atoms with van der Waals surface area (Å²) in [6.07, 6.45) is 7.93. The minimum absolute atomic E-state index is 0. The Morgan fingerprint density at radius 2 is 1.95 bits per heavy atom. The minimum atomic E-state index is -0.0965. The van der Waals surface area contributed by atoms with Gasteiger partial charge in [0.15, 0.2) is 0 Å². The second kappa shape index (κ2) is 9.85. The van der Waals surface area contributed by atoms with Crippen LogP contribution in [-0.4, -0.2) is 35.2 Å². The number of hydrogen-bond acceptors (Lipinski definition) is 3. The van der Waals surface area contributed by atoms with Gasteiger partial charge in [-0.1, -0.05) is 39.5 Å². The maximum absolute atomic E-state index is 12.0. The van der Waals surface area contributed by atoms with Crippen LogP contribution in [0.4, 0.5) is 0 Å². The van der Waals surface area contributed by atoms with E-state index in [1.807, 2.05) is 6.07 Å². The van der Waals surface area contributed by atoms with Gasteiger partial charge in [-0.15, -0.1) is 12.4 Å². The van der Waals surface area contributed by atoms with Gasteiger partial charge in [-0.25, -0.2) is 0 Å². The molecule has 6 heteroatoms. The number of nitrogens with zero attached hydrogens (tertiary/aromatic N) is 1. The van der Waals surface area contributed by atoms with Crippen molar-refractivity contribution in [2.24, 2.45) is 0 Å². The molecule has 1 amide bonds. The second-order valence-electron chi connectivity index (χ2n) is 6.26. The monoisotopic (exact) mass is 328 g/mol. The number of hydrogen-bond donors (Lipinski definition) is 3. The largest absolute Gasteiger partial charge is 0.349 e. The molecule has 1 heterocycles. The fraction of sp³-hybridized carbons (Fsp3) is 0.750. The first kappa shape index (κ1) is 19.0. The molecule has 2 rings (SSSR count). The Morgan fingerprint density at radius 1 is 1.27 bits per heavy atom. The molecular formula is C16H29ClN4O. The zero-order valence-corrected chi connectivity index (χ0v) is 14.5. The van der Waals surface area contributed by atoms with Gasteiger partial charge in [0.1, 0.15) is 5.69 Å². The Morgan fingerprint density at radius 3 is 2.55 bits per heavy atom. The van der Waals surface area contributed by atoms with Gasteiger partial charge in [-0.3, -0.25) is 9.89 Å². The van der Waals surface area contributed by atoms with Crippen molar-refractivity contribution >= 4 is 18.3 Å². The average molecular weight is 329 g/mol. The summed E-state index contributed by atoms with van der Waals surface area (Å²) >= 11 is 0. The SMILES string of the molecule is CC(C)c1cc(C(=O)NCCNC2CCCCCC2)n[nH]1.Cl. The van der Waals surface area contributed by atoms with Gasteiger partial charge in [-0.05, 0) is 24.8 Å². The molecule has 3 N–H and O–H groups in total. The summed E-state index contributed by atoms with van der Waals surface area (Å²) in [6, 6.07) is 2.46. The molecule has 1 aromatic rings. The third kappa shape index (κ3) is 5.97. The van der Waals surface area contributed by atoms with Crippen LogP contribution in [0.2, 0.25) is 0 Å². The standard InChI is InChI=1S/C16H28N4O.ClH/c1-12(2)14-11-15(20-19-14)16(21)18-10-9-17-13-7-5-3-4-6-8-13;/h11-13,17H,3-10H2,1-2H3,(H,18,21)(H,19,20);1H. The van der Waals surface area contributed by atoms with E-state index in [4.69, 9.17) is 0 Å². The first-order valence-corrected chi connectivity index (χ1v) is 8.23. The Labute approximate surface area is 139 Å². The number of rotatable bonds is 6. The van der Waals surface area contributed by atoms with Gasteiger partial charge in [0.25, 0.3) is 5.91 Å². The first-order valence-electron chi connectivity index (χ1n) is 8.23. The van der Waals surface area contributed by atoms with Gasteiger partial charge in [0, 0.05) is 24.8 Å². The van der Waals surface area contributed by atoms with Crippen molar-refractivity contribution < 1.29 is 4.79 Å². The van der Waals surface area contributed by atoms with Crippen molar-refractivity contribution in [3.05, 3.63) is 17.5 Å². The molecule has 1 aliphatic rings. The molecule has 0 aromatic carbocycles. The molecule has 5 nitrogen and oxygen atoms in total. The van der Waals surface area contributed by atoms with E-state index in [9.17, 15) is 4.79 Å². The number of aromatic amines is 1. The van der Waals surface area contributed by atoms with E-state index < -0.39 is 0 Å². The molecule has 0 saturated heterocycles. The minimum Gasteiger partial charge on any atom is -0.349 e. The van der Waals surface area contributed by atoms with Crippen LogP contribution < -0.4 is 10.6 Å². The third-order valence-electron chi connectivity index (χ3n) is 4.15. The lowest BCUT2D eigenvalue weighted by Crippen LogP contribution is -2.37. The third-order valence-corrected chi connectivity index (χ3v) is 4.15. The van der Waals surface area contributed by atoms with Crippen molar-refractivity contribution in [1.29, 1.82) is 0 Å². The van der Waals surface area contributed by atoms with E-state index in [2.05, 4.69) is 34.7 Å². The lowest BCUT2D eigenvalue weighted by molar-refractivity contribution is 0.0948. The Balaban J connectivity index is 0.00000242. The molecule has 0 unspecified atom stereocenters. The summed E-state index contributed by atoms with van der Waals surface area (Å²) in [7, 11) is 0. The van der Waals surface area contributed by atoms with Gasteiger partial charge < -0.3 is 10.6 Å². The van der Waals surface area contributed by atoms with Gasteiger partial charge in [0.2, 0.25) is 0 Å². The first-order chi connectivity index (χ1) is 10.2. The number of amides is 1. The molecule has 1 saturated carbocycles.